The van der Waals surface area contributed by atoms with Crippen LogP contribution >= 0.6 is 11.3 Å². The van der Waals surface area contributed by atoms with Crippen molar-refractivity contribution in [3.8, 4) is 11.3 Å². The Kier molecular flexibility index (Phi) is 4.73. The molecule has 0 aliphatic carbocycles. The van der Waals surface area contributed by atoms with Gasteiger partial charge in [-0.3, -0.25) is 9.59 Å². The zero-order valence-corrected chi connectivity index (χ0v) is 15.8. The summed E-state index contributed by atoms with van der Waals surface area (Å²) in [6.45, 7) is 2.62. The van der Waals surface area contributed by atoms with E-state index in [-0.39, 0.29) is 11.8 Å². The molecule has 1 N–H and O–H groups in total. The summed E-state index contributed by atoms with van der Waals surface area (Å²) in [6.07, 6.45) is 1.36. The first kappa shape index (κ1) is 17.4. The van der Waals surface area contributed by atoms with Crippen molar-refractivity contribution in [2.45, 2.75) is 19.8 Å². The van der Waals surface area contributed by atoms with Crippen molar-refractivity contribution in [2.75, 3.05) is 16.8 Å². The van der Waals surface area contributed by atoms with E-state index in [0.717, 1.165) is 22.7 Å². The number of benzene rings is 2. The van der Waals surface area contributed by atoms with E-state index in [0.29, 0.717) is 29.9 Å². The molecular weight excluding hydrogens is 358 g/mol. The molecule has 1 aliphatic rings. The quantitative estimate of drug-likeness (QED) is 0.728. The average molecular weight is 377 g/mol. The lowest BCUT2D eigenvalue weighted by molar-refractivity contribution is -0.117. The molecule has 0 spiro atoms. The maximum atomic E-state index is 12.9. The summed E-state index contributed by atoms with van der Waals surface area (Å²) in [5.74, 6) is -0.159. The number of aromatic nitrogens is 1. The molecule has 2 amide bonds. The average Bonchev–Trinajstić information content (AvgIpc) is 3.30. The van der Waals surface area contributed by atoms with Crippen LogP contribution in [0.3, 0.4) is 0 Å². The third kappa shape index (κ3) is 3.61. The molecule has 136 valence electrons. The van der Waals surface area contributed by atoms with E-state index in [9.17, 15) is 9.59 Å². The SMILES string of the molecule is Cc1nc(-c2cccc(NC(=O)c3ccccc3N3CCCC3=O)c2)cs1. The lowest BCUT2D eigenvalue weighted by atomic mass is 10.1. The molecule has 1 fully saturated rings. The van der Waals surface area contributed by atoms with Gasteiger partial charge in [-0.05, 0) is 37.6 Å². The van der Waals surface area contributed by atoms with Gasteiger partial charge in [-0.15, -0.1) is 11.3 Å². The van der Waals surface area contributed by atoms with Gasteiger partial charge in [0, 0.05) is 29.6 Å². The second-order valence-electron chi connectivity index (χ2n) is 6.45. The standard InChI is InChI=1S/C21H19N3O2S/c1-14-22-18(13-27-14)15-6-4-7-16(12-15)23-21(26)17-8-2-3-9-19(17)24-11-5-10-20(24)25/h2-4,6-9,12-13H,5,10-11H2,1H3,(H,23,26). The zero-order chi connectivity index (χ0) is 18.8. The van der Waals surface area contributed by atoms with Crippen LogP contribution in [0.5, 0.6) is 0 Å². The fourth-order valence-corrected chi connectivity index (χ4v) is 3.88. The molecule has 2 aromatic carbocycles. The molecule has 0 saturated carbocycles. The first-order valence-corrected chi connectivity index (χ1v) is 9.73. The molecule has 1 aliphatic heterocycles. The molecule has 0 atom stereocenters. The van der Waals surface area contributed by atoms with Gasteiger partial charge < -0.3 is 10.2 Å². The Morgan fingerprint density at radius 1 is 1.19 bits per heavy atom. The van der Waals surface area contributed by atoms with Crippen molar-refractivity contribution in [1.29, 1.82) is 0 Å². The van der Waals surface area contributed by atoms with Crippen LogP contribution in [0.2, 0.25) is 0 Å². The van der Waals surface area contributed by atoms with Gasteiger partial charge in [0.1, 0.15) is 0 Å². The number of anilines is 2. The third-order valence-electron chi connectivity index (χ3n) is 4.55. The van der Waals surface area contributed by atoms with Crippen LogP contribution < -0.4 is 10.2 Å². The van der Waals surface area contributed by atoms with E-state index in [1.165, 1.54) is 0 Å². The monoisotopic (exact) mass is 377 g/mol. The second kappa shape index (κ2) is 7.32. The van der Waals surface area contributed by atoms with Gasteiger partial charge >= 0.3 is 0 Å². The Bertz CT molecular complexity index is 1010. The molecule has 4 rings (SSSR count). The molecule has 27 heavy (non-hydrogen) atoms. The highest BCUT2D eigenvalue weighted by Crippen LogP contribution is 2.27. The minimum atomic E-state index is -0.225. The maximum Gasteiger partial charge on any atom is 0.257 e. The van der Waals surface area contributed by atoms with Crippen molar-refractivity contribution < 1.29 is 9.59 Å². The Hall–Kier alpha value is -2.99. The van der Waals surface area contributed by atoms with Crippen LogP contribution in [-0.2, 0) is 4.79 Å². The zero-order valence-electron chi connectivity index (χ0n) is 14.9. The lowest BCUT2D eigenvalue weighted by Gasteiger charge is -2.19. The number of hydrogen-bond donors (Lipinski definition) is 1. The molecule has 5 nitrogen and oxygen atoms in total. The van der Waals surface area contributed by atoms with E-state index in [2.05, 4.69) is 10.3 Å². The minimum absolute atomic E-state index is 0.0659. The van der Waals surface area contributed by atoms with Gasteiger partial charge in [-0.25, -0.2) is 4.98 Å². The third-order valence-corrected chi connectivity index (χ3v) is 5.32. The number of para-hydroxylation sites is 1. The van der Waals surface area contributed by atoms with Crippen LogP contribution in [0.1, 0.15) is 28.2 Å². The number of carbonyl (C=O) groups excluding carboxylic acids is 2. The van der Waals surface area contributed by atoms with E-state index in [4.69, 9.17) is 0 Å². The number of hydrogen-bond acceptors (Lipinski definition) is 4. The Balaban J connectivity index is 1.59. The highest BCUT2D eigenvalue weighted by molar-refractivity contribution is 7.09. The number of rotatable bonds is 4. The first-order valence-electron chi connectivity index (χ1n) is 8.85. The van der Waals surface area contributed by atoms with Crippen molar-refractivity contribution in [3.63, 3.8) is 0 Å². The smallest absolute Gasteiger partial charge is 0.257 e. The number of amides is 2. The topological polar surface area (TPSA) is 62.3 Å². The highest BCUT2D eigenvalue weighted by atomic mass is 32.1. The van der Waals surface area contributed by atoms with E-state index >= 15 is 0 Å². The van der Waals surface area contributed by atoms with Crippen LogP contribution in [0.4, 0.5) is 11.4 Å². The molecule has 2 heterocycles. The largest absolute Gasteiger partial charge is 0.322 e. The second-order valence-corrected chi connectivity index (χ2v) is 7.51. The number of nitrogens with zero attached hydrogens (tertiary/aromatic N) is 2. The van der Waals surface area contributed by atoms with Crippen LogP contribution in [0.15, 0.2) is 53.9 Å². The van der Waals surface area contributed by atoms with E-state index < -0.39 is 0 Å². The number of carbonyl (C=O) groups is 2. The number of nitrogens with one attached hydrogen (secondary N) is 1. The number of thiazole rings is 1. The Labute approximate surface area is 161 Å². The summed E-state index contributed by atoms with van der Waals surface area (Å²) in [5, 5.41) is 5.96. The maximum absolute atomic E-state index is 12.9. The van der Waals surface area contributed by atoms with Gasteiger partial charge in [0.25, 0.3) is 5.91 Å². The van der Waals surface area contributed by atoms with Crippen molar-refractivity contribution >= 4 is 34.5 Å². The van der Waals surface area contributed by atoms with Crippen LogP contribution in [-0.4, -0.2) is 23.3 Å². The summed E-state index contributed by atoms with van der Waals surface area (Å²) in [6, 6.07) is 14.9. The van der Waals surface area contributed by atoms with E-state index in [1.54, 1.807) is 22.3 Å². The molecule has 0 unspecified atom stereocenters. The van der Waals surface area contributed by atoms with Gasteiger partial charge in [-0.2, -0.15) is 0 Å². The summed E-state index contributed by atoms with van der Waals surface area (Å²) >= 11 is 1.60. The summed E-state index contributed by atoms with van der Waals surface area (Å²) in [5.41, 5.74) is 3.73. The Morgan fingerprint density at radius 2 is 2.04 bits per heavy atom. The molecule has 6 heteroatoms. The molecule has 1 saturated heterocycles. The van der Waals surface area contributed by atoms with Crippen molar-refractivity contribution in [2.24, 2.45) is 0 Å². The predicted molar refractivity (Wildman–Crippen MR) is 108 cm³/mol. The fourth-order valence-electron chi connectivity index (χ4n) is 3.25. The van der Waals surface area contributed by atoms with Gasteiger partial charge in [0.2, 0.25) is 5.91 Å². The van der Waals surface area contributed by atoms with E-state index in [1.807, 2.05) is 54.8 Å². The minimum Gasteiger partial charge on any atom is -0.322 e. The van der Waals surface area contributed by atoms with Crippen molar-refractivity contribution in [1.82, 2.24) is 4.98 Å². The number of aryl methyl sites for hydroxylation is 1. The molecule has 0 radical (unpaired) electrons. The predicted octanol–water partition coefficient (Wildman–Crippen LogP) is 4.50. The molecule has 1 aromatic heterocycles. The summed E-state index contributed by atoms with van der Waals surface area (Å²) in [4.78, 5) is 31.2. The van der Waals surface area contributed by atoms with Crippen LogP contribution in [0, 0.1) is 6.92 Å². The molecule has 3 aromatic rings. The normalized spacial score (nSPS) is 13.8. The highest BCUT2D eigenvalue weighted by Gasteiger charge is 2.25. The molecule has 0 bridgehead atoms. The van der Waals surface area contributed by atoms with Crippen LogP contribution in [0.25, 0.3) is 11.3 Å². The van der Waals surface area contributed by atoms with Gasteiger partial charge in [0.15, 0.2) is 0 Å². The fraction of sp³-hybridized carbons (Fsp3) is 0.190. The van der Waals surface area contributed by atoms with Gasteiger partial charge in [0.05, 0.1) is 22.0 Å². The first-order chi connectivity index (χ1) is 13.1. The lowest BCUT2D eigenvalue weighted by Crippen LogP contribution is -2.27. The van der Waals surface area contributed by atoms with Crippen molar-refractivity contribution in [3.05, 3.63) is 64.5 Å². The Morgan fingerprint density at radius 3 is 2.78 bits per heavy atom. The molecular formula is C21H19N3O2S. The summed E-state index contributed by atoms with van der Waals surface area (Å²) in [7, 11) is 0. The summed E-state index contributed by atoms with van der Waals surface area (Å²) < 4.78 is 0. The van der Waals surface area contributed by atoms with Gasteiger partial charge in [-0.1, -0.05) is 24.3 Å².